The molecule has 2 fully saturated rings. The van der Waals surface area contributed by atoms with Crippen molar-refractivity contribution in [1.82, 2.24) is 5.32 Å². The van der Waals surface area contributed by atoms with E-state index in [9.17, 15) is 4.79 Å². The molecule has 116 valence electrons. The Balaban J connectivity index is 1.79. The Morgan fingerprint density at radius 1 is 1.15 bits per heavy atom. The van der Waals surface area contributed by atoms with Crippen LogP contribution in [-0.2, 0) is 4.79 Å². The van der Waals surface area contributed by atoms with Gasteiger partial charge in [0, 0.05) is 13.0 Å². The lowest BCUT2D eigenvalue weighted by Crippen LogP contribution is -2.59. The minimum Gasteiger partial charge on any atom is -0.349 e. The Kier molecular flexibility index (Phi) is 5.88. The molecule has 2 saturated carbocycles. The SMILES string of the molecule is CC1CCCCC1(CN)NC(=O)CCC1CCCCC1. The van der Waals surface area contributed by atoms with Crippen LogP contribution in [0.4, 0.5) is 0 Å². The zero-order valence-electron chi connectivity index (χ0n) is 13.1. The summed E-state index contributed by atoms with van der Waals surface area (Å²) < 4.78 is 0. The molecule has 0 aromatic carbocycles. The van der Waals surface area contributed by atoms with Gasteiger partial charge in [-0.05, 0) is 31.1 Å². The number of rotatable bonds is 5. The zero-order valence-corrected chi connectivity index (χ0v) is 13.1. The third-order valence-corrected chi connectivity index (χ3v) is 5.71. The molecule has 2 atom stereocenters. The van der Waals surface area contributed by atoms with Crippen LogP contribution in [0.5, 0.6) is 0 Å². The van der Waals surface area contributed by atoms with Crippen molar-refractivity contribution in [2.24, 2.45) is 17.6 Å². The lowest BCUT2D eigenvalue weighted by Gasteiger charge is -2.42. The van der Waals surface area contributed by atoms with Crippen molar-refractivity contribution in [2.45, 2.75) is 83.1 Å². The Labute approximate surface area is 124 Å². The average molecular weight is 280 g/mol. The Bertz CT molecular complexity index is 312. The van der Waals surface area contributed by atoms with Gasteiger partial charge in [-0.2, -0.15) is 0 Å². The number of hydrogen-bond donors (Lipinski definition) is 2. The van der Waals surface area contributed by atoms with Crippen molar-refractivity contribution in [3.8, 4) is 0 Å². The summed E-state index contributed by atoms with van der Waals surface area (Å²) in [7, 11) is 0. The predicted molar refractivity (Wildman–Crippen MR) is 83.4 cm³/mol. The van der Waals surface area contributed by atoms with Crippen LogP contribution in [0.15, 0.2) is 0 Å². The van der Waals surface area contributed by atoms with Crippen molar-refractivity contribution in [3.05, 3.63) is 0 Å². The van der Waals surface area contributed by atoms with Crippen LogP contribution in [0.2, 0.25) is 0 Å². The molecule has 2 unspecified atom stereocenters. The molecule has 0 aliphatic heterocycles. The van der Waals surface area contributed by atoms with Gasteiger partial charge < -0.3 is 11.1 Å². The second kappa shape index (κ2) is 7.44. The quantitative estimate of drug-likeness (QED) is 0.811. The highest BCUT2D eigenvalue weighted by Crippen LogP contribution is 2.33. The molecule has 3 N–H and O–H groups in total. The summed E-state index contributed by atoms with van der Waals surface area (Å²) in [5.74, 6) is 1.53. The van der Waals surface area contributed by atoms with E-state index in [-0.39, 0.29) is 11.4 Å². The second-order valence-electron chi connectivity index (χ2n) is 7.10. The number of carbonyl (C=O) groups is 1. The third kappa shape index (κ3) is 3.97. The number of amides is 1. The van der Waals surface area contributed by atoms with Crippen LogP contribution in [0, 0.1) is 11.8 Å². The number of nitrogens with one attached hydrogen (secondary N) is 1. The van der Waals surface area contributed by atoms with Gasteiger partial charge in [-0.25, -0.2) is 0 Å². The highest BCUT2D eigenvalue weighted by atomic mass is 16.1. The van der Waals surface area contributed by atoms with Gasteiger partial charge in [0.2, 0.25) is 5.91 Å². The molecule has 0 radical (unpaired) electrons. The fourth-order valence-corrected chi connectivity index (χ4v) is 4.10. The van der Waals surface area contributed by atoms with E-state index in [1.807, 2.05) is 0 Å². The maximum absolute atomic E-state index is 12.3. The molecule has 2 aliphatic rings. The van der Waals surface area contributed by atoms with Gasteiger partial charge in [-0.3, -0.25) is 4.79 Å². The topological polar surface area (TPSA) is 55.1 Å². The van der Waals surface area contributed by atoms with Gasteiger partial charge in [-0.1, -0.05) is 51.9 Å². The monoisotopic (exact) mass is 280 g/mol. The lowest BCUT2D eigenvalue weighted by atomic mass is 9.73. The molecular weight excluding hydrogens is 248 g/mol. The van der Waals surface area contributed by atoms with Crippen molar-refractivity contribution in [3.63, 3.8) is 0 Å². The van der Waals surface area contributed by atoms with E-state index in [0.717, 1.165) is 18.8 Å². The third-order valence-electron chi connectivity index (χ3n) is 5.71. The smallest absolute Gasteiger partial charge is 0.220 e. The van der Waals surface area contributed by atoms with Crippen molar-refractivity contribution in [2.75, 3.05) is 6.54 Å². The molecule has 2 rings (SSSR count). The van der Waals surface area contributed by atoms with Gasteiger partial charge in [0.15, 0.2) is 0 Å². The van der Waals surface area contributed by atoms with Gasteiger partial charge in [-0.15, -0.1) is 0 Å². The van der Waals surface area contributed by atoms with Gasteiger partial charge in [0.1, 0.15) is 0 Å². The van der Waals surface area contributed by atoms with E-state index in [4.69, 9.17) is 5.73 Å². The minimum atomic E-state index is -0.123. The first-order valence-electron chi connectivity index (χ1n) is 8.67. The summed E-state index contributed by atoms with van der Waals surface area (Å²) in [5, 5.41) is 3.31. The highest BCUT2D eigenvalue weighted by Gasteiger charge is 2.38. The molecule has 0 spiro atoms. The number of carbonyl (C=O) groups excluding carboxylic acids is 1. The fourth-order valence-electron chi connectivity index (χ4n) is 4.10. The molecule has 0 aromatic rings. The first kappa shape index (κ1) is 15.8. The van der Waals surface area contributed by atoms with E-state index in [2.05, 4.69) is 12.2 Å². The van der Waals surface area contributed by atoms with Crippen molar-refractivity contribution >= 4 is 5.91 Å². The van der Waals surface area contributed by atoms with E-state index < -0.39 is 0 Å². The van der Waals surface area contributed by atoms with Gasteiger partial charge >= 0.3 is 0 Å². The minimum absolute atomic E-state index is 0.123. The Morgan fingerprint density at radius 2 is 1.85 bits per heavy atom. The average Bonchev–Trinajstić information content (AvgIpc) is 2.49. The molecule has 0 heterocycles. The molecule has 3 heteroatoms. The molecular formula is C17H32N2O. The molecule has 0 bridgehead atoms. The zero-order chi connectivity index (χ0) is 14.4. The molecule has 0 saturated heterocycles. The lowest BCUT2D eigenvalue weighted by molar-refractivity contribution is -0.124. The van der Waals surface area contributed by atoms with E-state index in [1.165, 1.54) is 51.4 Å². The summed E-state index contributed by atoms with van der Waals surface area (Å²) >= 11 is 0. The van der Waals surface area contributed by atoms with Crippen molar-refractivity contribution in [1.29, 1.82) is 0 Å². The largest absolute Gasteiger partial charge is 0.349 e. The van der Waals surface area contributed by atoms with Crippen LogP contribution < -0.4 is 11.1 Å². The Morgan fingerprint density at radius 3 is 2.50 bits per heavy atom. The maximum atomic E-state index is 12.3. The van der Waals surface area contributed by atoms with Crippen molar-refractivity contribution < 1.29 is 4.79 Å². The summed E-state index contributed by atoms with van der Waals surface area (Å²) in [6.45, 7) is 2.83. The van der Waals surface area contributed by atoms with Crippen LogP contribution in [0.1, 0.15) is 77.6 Å². The van der Waals surface area contributed by atoms with Gasteiger partial charge in [0.25, 0.3) is 0 Å². The van der Waals surface area contributed by atoms with Gasteiger partial charge in [0.05, 0.1) is 5.54 Å². The van der Waals surface area contributed by atoms with E-state index in [1.54, 1.807) is 0 Å². The molecule has 1 amide bonds. The summed E-state index contributed by atoms with van der Waals surface area (Å²) in [6.07, 6.45) is 13.2. The predicted octanol–water partition coefficient (Wildman–Crippen LogP) is 3.37. The molecule has 20 heavy (non-hydrogen) atoms. The normalized spacial score (nSPS) is 32.0. The number of hydrogen-bond acceptors (Lipinski definition) is 2. The van der Waals surface area contributed by atoms with Crippen LogP contribution in [0.25, 0.3) is 0 Å². The van der Waals surface area contributed by atoms with Crippen LogP contribution >= 0.6 is 0 Å². The highest BCUT2D eigenvalue weighted by molar-refractivity contribution is 5.76. The summed E-state index contributed by atoms with van der Waals surface area (Å²) in [5.41, 5.74) is 5.88. The first-order chi connectivity index (χ1) is 9.66. The Hall–Kier alpha value is -0.570. The summed E-state index contributed by atoms with van der Waals surface area (Å²) in [4.78, 5) is 12.3. The summed E-state index contributed by atoms with van der Waals surface area (Å²) in [6, 6.07) is 0. The number of nitrogens with two attached hydrogens (primary N) is 1. The first-order valence-corrected chi connectivity index (χ1v) is 8.67. The standard InChI is InChI=1S/C17H32N2O/c1-14-7-5-6-12-17(14,13-18)19-16(20)11-10-15-8-3-2-4-9-15/h14-15H,2-13,18H2,1H3,(H,19,20). The van der Waals surface area contributed by atoms with E-state index >= 15 is 0 Å². The fraction of sp³-hybridized carbons (Fsp3) is 0.941. The van der Waals surface area contributed by atoms with Crippen LogP contribution in [0.3, 0.4) is 0 Å². The maximum Gasteiger partial charge on any atom is 0.220 e. The molecule has 3 nitrogen and oxygen atoms in total. The van der Waals surface area contributed by atoms with Crippen LogP contribution in [-0.4, -0.2) is 18.0 Å². The molecule has 2 aliphatic carbocycles. The molecule has 0 aromatic heterocycles. The second-order valence-corrected chi connectivity index (χ2v) is 7.10. The van der Waals surface area contributed by atoms with E-state index in [0.29, 0.717) is 18.9 Å².